The maximum absolute atomic E-state index is 14.4. The first-order valence-corrected chi connectivity index (χ1v) is 10.2. The van der Waals surface area contributed by atoms with Gasteiger partial charge in [-0.1, -0.05) is 12.1 Å². The Balaban J connectivity index is 1.53. The minimum Gasteiger partial charge on any atom is -0.353 e. The normalized spacial score (nSPS) is 11.6. The molecule has 0 saturated carbocycles. The largest absolute Gasteiger partial charge is 0.353 e. The maximum atomic E-state index is 14.4. The van der Waals surface area contributed by atoms with Crippen LogP contribution >= 0.6 is 0 Å². The van der Waals surface area contributed by atoms with Crippen LogP contribution in [0.15, 0.2) is 60.9 Å². The summed E-state index contributed by atoms with van der Waals surface area (Å²) >= 11 is 0. The van der Waals surface area contributed by atoms with Gasteiger partial charge in [0.2, 0.25) is 0 Å². The first-order chi connectivity index (χ1) is 15.6. The Morgan fingerprint density at radius 2 is 1.84 bits per heavy atom. The number of halogens is 1. The Labute approximate surface area is 182 Å². The van der Waals surface area contributed by atoms with Gasteiger partial charge in [0, 0.05) is 29.7 Å². The summed E-state index contributed by atoms with van der Waals surface area (Å²) in [7, 11) is 1.97. The highest BCUT2D eigenvalue weighted by Crippen LogP contribution is 2.33. The highest BCUT2D eigenvalue weighted by molar-refractivity contribution is 5.99. The van der Waals surface area contributed by atoms with Crippen LogP contribution in [-0.4, -0.2) is 34.7 Å². The Bertz CT molecular complexity index is 1620. The molecule has 0 unspecified atom stereocenters. The second-order valence-corrected chi connectivity index (χ2v) is 7.70. The zero-order valence-electron chi connectivity index (χ0n) is 17.4. The van der Waals surface area contributed by atoms with Crippen molar-refractivity contribution in [2.45, 2.75) is 6.92 Å². The Hall–Kier alpha value is -4.33. The minimum absolute atomic E-state index is 0.307. The van der Waals surface area contributed by atoms with Crippen LogP contribution in [0.2, 0.25) is 0 Å². The van der Waals surface area contributed by atoms with E-state index in [9.17, 15) is 4.39 Å². The molecule has 156 valence electrons. The molecule has 6 aromatic rings. The van der Waals surface area contributed by atoms with Crippen LogP contribution in [0.1, 0.15) is 5.82 Å². The van der Waals surface area contributed by atoms with Crippen LogP contribution in [0, 0.1) is 12.7 Å². The van der Waals surface area contributed by atoms with Crippen molar-refractivity contribution in [3.8, 4) is 34.0 Å². The molecule has 0 fully saturated rings. The number of fused-ring (bicyclic) bond motifs is 2. The van der Waals surface area contributed by atoms with Gasteiger partial charge in [0.05, 0.1) is 34.5 Å². The van der Waals surface area contributed by atoms with Crippen LogP contribution in [-0.2, 0) is 7.05 Å². The molecular weight excluding hydrogens is 405 g/mol. The summed E-state index contributed by atoms with van der Waals surface area (Å²) in [4.78, 5) is 17.1. The highest BCUT2D eigenvalue weighted by atomic mass is 19.1. The fraction of sp³-hybridized carbons (Fsp3) is 0.0833. The average Bonchev–Trinajstić information content (AvgIpc) is 3.50. The second-order valence-electron chi connectivity index (χ2n) is 7.70. The number of aromatic nitrogens is 7. The van der Waals surface area contributed by atoms with Gasteiger partial charge in [-0.25, -0.2) is 14.4 Å². The average molecular weight is 423 g/mol. The molecule has 5 heterocycles. The number of pyridine rings is 2. The van der Waals surface area contributed by atoms with Crippen LogP contribution < -0.4 is 0 Å². The Kier molecular flexibility index (Phi) is 3.94. The summed E-state index contributed by atoms with van der Waals surface area (Å²) in [6.07, 6.45) is 3.49. The first kappa shape index (κ1) is 18.4. The second kappa shape index (κ2) is 6.84. The number of H-pyrrole nitrogens is 2. The highest BCUT2D eigenvalue weighted by Gasteiger charge is 2.17. The lowest BCUT2D eigenvalue weighted by Crippen LogP contribution is -1.96. The van der Waals surface area contributed by atoms with Crippen molar-refractivity contribution in [2.75, 3.05) is 0 Å². The van der Waals surface area contributed by atoms with E-state index in [-0.39, 0.29) is 5.82 Å². The molecule has 8 heteroatoms. The van der Waals surface area contributed by atoms with Crippen molar-refractivity contribution >= 4 is 21.9 Å². The van der Waals surface area contributed by atoms with Gasteiger partial charge in [0.15, 0.2) is 0 Å². The summed E-state index contributed by atoms with van der Waals surface area (Å²) in [5, 5.41) is 8.38. The quantitative estimate of drug-likeness (QED) is 0.419. The molecule has 0 aliphatic heterocycles. The molecule has 0 bridgehead atoms. The summed E-state index contributed by atoms with van der Waals surface area (Å²) in [5.41, 5.74) is 6.68. The van der Waals surface area contributed by atoms with Gasteiger partial charge in [-0.2, -0.15) is 5.10 Å². The summed E-state index contributed by atoms with van der Waals surface area (Å²) in [6, 6.07) is 14.4. The molecule has 0 radical (unpaired) electrons. The van der Waals surface area contributed by atoms with E-state index in [1.54, 1.807) is 24.4 Å². The Morgan fingerprint density at radius 1 is 0.969 bits per heavy atom. The van der Waals surface area contributed by atoms with E-state index in [0.717, 1.165) is 44.8 Å². The molecule has 0 aliphatic rings. The summed E-state index contributed by atoms with van der Waals surface area (Å²) in [6.45, 7) is 1.96. The summed E-state index contributed by atoms with van der Waals surface area (Å²) < 4.78 is 16.5. The van der Waals surface area contributed by atoms with Crippen molar-refractivity contribution in [3.63, 3.8) is 0 Å². The molecule has 0 saturated heterocycles. The smallest absolute Gasteiger partial charge is 0.135 e. The number of aromatic amines is 2. The molecule has 0 aliphatic carbocycles. The number of benzene rings is 1. The lowest BCUT2D eigenvalue weighted by atomic mass is 10.1. The van der Waals surface area contributed by atoms with Crippen molar-refractivity contribution in [1.82, 2.24) is 34.7 Å². The molecule has 0 atom stereocenters. The van der Waals surface area contributed by atoms with E-state index in [1.165, 1.54) is 6.07 Å². The molecule has 1 aromatic carbocycles. The fourth-order valence-corrected chi connectivity index (χ4v) is 4.02. The lowest BCUT2D eigenvalue weighted by Gasteiger charge is -2.03. The van der Waals surface area contributed by atoms with Gasteiger partial charge in [-0.3, -0.25) is 10.1 Å². The van der Waals surface area contributed by atoms with Crippen LogP contribution in [0.25, 0.3) is 56.0 Å². The van der Waals surface area contributed by atoms with E-state index in [4.69, 9.17) is 4.98 Å². The van der Waals surface area contributed by atoms with Crippen molar-refractivity contribution < 1.29 is 4.39 Å². The van der Waals surface area contributed by atoms with Gasteiger partial charge in [-0.15, -0.1) is 0 Å². The molecule has 5 aromatic heterocycles. The van der Waals surface area contributed by atoms with E-state index in [0.29, 0.717) is 17.0 Å². The number of aryl methyl sites for hydroxylation is 1. The van der Waals surface area contributed by atoms with E-state index in [1.807, 2.05) is 49.0 Å². The topological polar surface area (TPSA) is 88.1 Å². The van der Waals surface area contributed by atoms with Crippen molar-refractivity contribution in [2.24, 2.45) is 7.05 Å². The van der Waals surface area contributed by atoms with Gasteiger partial charge in [0.25, 0.3) is 0 Å². The molecule has 32 heavy (non-hydrogen) atoms. The van der Waals surface area contributed by atoms with Gasteiger partial charge >= 0.3 is 0 Å². The molecule has 7 nitrogen and oxygen atoms in total. The molecule has 0 spiro atoms. The monoisotopic (exact) mass is 423 g/mol. The number of nitrogens with one attached hydrogen (secondary N) is 2. The molecule has 6 rings (SSSR count). The standard InChI is InChI=1S/C24H18FN7/c1-13-27-12-21(32(13)2)18-7-8-19-23(29-18)24(31-30-19)20-11-15-17(28-20)9-10-26-22(15)14-5-3-4-6-16(14)25/h3-12,28H,1-2H3,(H,30,31). The zero-order chi connectivity index (χ0) is 21.8. The predicted molar refractivity (Wildman–Crippen MR) is 121 cm³/mol. The van der Waals surface area contributed by atoms with Gasteiger partial charge in [-0.05, 0) is 43.3 Å². The molecular formula is C24H18FN7. The fourth-order valence-electron chi connectivity index (χ4n) is 4.02. The molecule has 2 N–H and O–H groups in total. The third kappa shape index (κ3) is 2.73. The number of nitrogens with zero attached hydrogens (tertiary/aromatic N) is 5. The summed E-state index contributed by atoms with van der Waals surface area (Å²) in [5.74, 6) is 0.608. The van der Waals surface area contributed by atoms with Crippen LogP contribution in [0.3, 0.4) is 0 Å². The van der Waals surface area contributed by atoms with Gasteiger partial charge < -0.3 is 9.55 Å². The van der Waals surface area contributed by atoms with Crippen molar-refractivity contribution in [3.05, 3.63) is 72.6 Å². The van der Waals surface area contributed by atoms with E-state index < -0.39 is 0 Å². The van der Waals surface area contributed by atoms with E-state index >= 15 is 0 Å². The SMILES string of the molecule is Cc1ncc(-c2ccc3[nH]nc(-c4cc5c(-c6ccccc6F)nccc5[nH]4)c3n2)n1C. The molecule has 0 amide bonds. The third-order valence-electron chi connectivity index (χ3n) is 5.82. The van der Waals surface area contributed by atoms with Crippen LogP contribution in [0.5, 0.6) is 0 Å². The predicted octanol–water partition coefficient (Wildman–Crippen LogP) is 5.02. The number of rotatable bonds is 3. The number of hydrogen-bond acceptors (Lipinski definition) is 4. The van der Waals surface area contributed by atoms with Crippen molar-refractivity contribution in [1.29, 1.82) is 0 Å². The number of hydrogen-bond donors (Lipinski definition) is 2. The minimum atomic E-state index is -0.307. The van der Waals surface area contributed by atoms with E-state index in [2.05, 4.69) is 25.1 Å². The lowest BCUT2D eigenvalue weighted by molar-refractivity contribution is 0.631. The maximum Gasteiger partial charge on any atom is 0.135 e. The number of imidazole rings is 1. The van der Waals surface area contributed by atoms with Crippen LogP contribution in [0.4, 0.5) is 4.39 Å². The third-order valence-corrected chi connectivity index (χ3v) is 5.82. The zero-order valence-corrected chi connectivity index (χ0v) is 17.4. The first-order valence-electron chi connectivity index (χ1n) is 10.2. The van der Waals surface area contributed by atoms with Gasteiger partial charge in [0.1, 0.15) is 22.9 Å². The Morgan fingerprint density at radius 3 is 2.66 bits per heavy atom.